The molecule has 0 aliphatic carbocycles. The number of hydrogen-bond acceptors (Lipinski definition) is 5. The molecule has 1 heterocycles. The van der Waals surface area contributed by atoms with Gasteiger partial charge in [0, 0.05) is 19.6 Å². The predicted octanol–water partition coefficient (Wildman–Crippen LogP) is 14.3. The van der Waals surface area contributed by atoms with Crippen LogP contribution in [0.3, 0.4) is 0 Å². The van der Waals surface area contributed by atoms with E-state index in [1.165, 1.54) is 199 Å². The molecule has 0 aromatic rings. The maximum absolute atomic E-state index is 12.7. The van der Waals surface area contributed by atoms with Crippen LogP contribution in [0, 0.1) is 0 Å². The molecule has 0 unspecified atom stereocenters. The summed E-state index contributed by atoms with van der Waals surface area (Å²) < 4.78 is 17.9. The highest BCUT2D eigenvalue weighted by Gasteiger charge is 2.16. The molecule has 0 amide bonds. The largest absolute Gasteiger partial charge is 0.457 e. The first-order valence-corrected chi connectivity index (χ1v) is 23.6. The van der Waals surface area contributed by atoms with Crippen LogP contribution < -0.4 is 0 Å². The number of unbranched alkanes of at least 4 members (excludes halogenated alkanes) is 24. The van der Waals surface area contributed by atoms with Gasteiger partial charge in [0.25, 0.3) is 0 Å². The number of piperidine rings is 1. The Bertz CT molecular complexity index is 746. The van der Waals surface area contributed by atoms with E-state index in [4.69, 9.17) is 14.2 Å². The minimum absolute atomic E-state index is 0.103. The van der Waals surface area contributed by atoms with Crippen LogP contribution in [-0.4, -0.2) is 63.0 Å². The summed E-state index contributed by atoms with van der Waals surface area (Å²) in [6.45, 7) is 10.3. The topological polar surface area (TPSA) is 48.0 Å². The SMILES string of the molecule is CCCCCCCC/C=C\CCCCCCCCOCC(COCCCCCCCC/C=C\CCCCCCCC)OC(=O)CCCN1CCCCC1. The monoisotopic (exact) mass is 746 g/mol. The van der Waals surface area contributed by atoms with Crippen LogP contribution in [0.15, 0.2) is 24.3 Å². The lowest BCUT2D eigenvalue weighted by Crippen LogP contribution is -2.32. The minimum Gasteiger partial charge on any atom is -0.457 e. The van der Waals surface area contributed by atoms with Gasteiger partial charge in [-0.2, -0.15) is 0 Å². The summed E-state index contributed by atoms with van der Waals surface area (Å²) in [5.41, 5.74) is 0. The quantitative estimate of drug-likeness (QED) is 0.0354. The lowest BCUT2D eigenvalue weighted by Gasteiger charge is -2.26. The van der Waals surface area contributed by atoms with Gasteiger partial charge in [-0.25, -0.2) is 0 Å². The van der Waals surface area contributed by atoms with Gasteiger partial charge < -0.3 is 19.1 Å². The van der Waals surface area contributed by atoms with Gasteiger partial charge in [-0.05, 0) is 103 Å². The number of carbonyl (C=O) groups excluding carboxylic acids is 1. The van der Waals surface area contributed by atoms with Crippen LogP contribution in [0.4, 0.5) is 0 Å². The summed E-state index contributed by atoms with van der Waals surface area (Å²) in [6, 6.07) is 0. The third kappa shape index (κ3) is 37.5. The molecule has 1 fully saturated rings. The van der Waals surface area contributed by atoms with Gasteiger partial charge in [0.1, 0.15) is 6.10 Å². The fraction of sp³-hybridized carbons (Fsp3) is 0.896. The first kappa shape index (κ1) is 49.8. The maximum atomic E-state index is 12.7. The van der Waals surface area contributed by atoms with Gasteiger partial charge in [0.05, 0.1) is 13.2 Å². The van der Waals surface area contributed by atoms with Crippen LogP contribution in [0.1, 0.15) is 226 Å². The molecule has 5 heteroatoms. The highest BCUT2D eigenvalue weighted by atomic mass is 16.6. The Balaban J connectivity index is 2.11. The standard InChI is InChI=1S/C48H91NO4/c1-3-5-7-9-11-13-15-17-19-21-23-25-27-29-31-36-43-51-45-47(53-48(50)39-38-42-49-40-34-33-35-41-49)46-52-44-37-32-30-28-26-24-22-20-18-16-14-12-10-8-6-4-2/h17-20,47H,3-16,21-46H2,1-2H3/b19-17-,20-18-. The number of esters is 1. The molecule has 1 aliphatic rings. The van der Waals surface area contributed by atoms with Crippen LogP contribution in [0.25, 0.3) is 0 Å². The highest BCUT2D eigenvalue weighted by molar-refractivity contribution is 5.69. The number of ether oxygens (including phenoxy) is 3. The lowest BCUT2D eigenvalue weighted by atomic mass is 10.1. The predicted molar refractivity (Wildman–Crippen MR) is 230 cm³/mol. The van der Waals surface area contributed by atoms with Gasteiger partial charge in [-0.1, -0.05) is 160 Å². The second kappa shape index (κ2) is 42.0. The molecule has 0 N–H and O–H groups in total. The van der Waals surface area contributed by atoms with Gasteiger partial charge >= 0.3 is 5.97 Å². The molecule has 0 aromatic heterocycles. The van der Waals surface area contributed by atoms with E-state index in [1.807, 2.05) is 0 Å². The number of likely N-dealkylation sites (tertiary alicyclic amines) is 1. The number of rotatable bonds is 41. The fourth-order valence-corrected chi connectivity index (χ4v) is 7.32. The van der Waals surface area contributed by atoms with Gasteiger partial charge in [-0.15, -0.1) is 0 Å². The van der Waals surface area contributed by atoms with Crippen molar-refractivity contribution in [1.29, 1.82) is 0 Å². The van der Waals surface area contributed by atoms with Gasteiger partial charge in [-0.3, -0.25) is 4.79 Å². The lowest BCUT2D eigenvalue weighted by molar-refractivity contribution is -0.156. The molecule has 5 nitrogen and oxygen atoms in total. The molecular weight excluding hydrogens is 655 g/mol. The third-order valence-electron chi connectivity index (χ3n) is 10.8. The number of nitrogens with zero attached hydrogens (tertiary/aromatic N) is 1. The van der Waals surface area contributed by atoms with E-state index in [0.717, 1.165) is 39.0 Å². The molecule has 312 valence electrons. The summed E-state index contributed by atoms with van der Waals surface area (Å²) in [6.07, 6.45) is 51.2. The second-order valence-electron chi connectivity index (χ2n) is 16.1. The fourth-order valence-electron chi connectivity index (χ4n) is 7.32. The zero-order valence-electron chi connectivity index (χ0n) is 35.8. The molecule has 0 bridgehead atoms. The molecule has 53 heavy (non-hydrogen) atoms. The summed E-state index contributed by atoms with van der Waals surface area (Å²) in [5, 5.41) is 0. The Kier molecular flexibility index (Phi) is 39.5. The molecule has 0 atom stereocenters. The molecule has 0 spiro atoms. The van der Waals surface area contributed by atoms with Crippen LogP contribution >= 0.6 is 0 Å². The van der Waals surface area contributed by atoms with E-state index < -0.39 is 0 Å². The van der Waals surface area contributed by atoms with E-state index in [1.54, 1.807) is 0 Å². The molecular formula is C48H91NO4. The number of allylic oxidation sites excluding steroid dienone is 4. The van der Waals surface area contributed by atoms with Crippen molar-refractivity contribution < 1.29 is 19.0 Å². The molecule has 0 radical (unpaired) electrons. The Morgan fingerprint density at radius 2 is 0.868 bits per heavy atom. The highest BCUT2D eigenvalue weighted by Crippen LogP contribution is 2.13. The normalized spacial score (nSPS) is 14.0. The zero-order chi connectivity index (χ0) is 38.0. The van der Waals surface area contributed by atoms with E-state index in [-0.39, 0.29) is 12.1 Å². The van der Waals surface area contributed by atoms with E-state index in [2.05, 4.69) is 43.1 Å². The second-order valence-corrected chi connectivity index (χ2v) is 16.1. The molecule has 1 saturated heterocycles. The van der Waals surface area contributed by atoms with Crippen molar-refractivity contribution in [2.24, 2.45) is 0 Å². The minimum atomic E-state index is -0.305. The molecule has 0 aromatic carbocycles. The van der Waals surface area contributed by atoms with Crippen molar-refractivity contribution in [2.45, 2.75) is 232 Å². The Hall–Kier alpha value is -1.17. The number of hydrogen-bond donors (Lipinski definition) is 0. The van der Waals surface area contributed by atoms with Crippen molar-refractivity contribution in [2.75, 3.05) is 46.1 Å². The Labute approximate surface area is 331 Å². The number of carbonyl (C=O) groups is 1. The van der Waals surface area contributed by atoms with Gasteiger partial charge in [0.15, 0.2) is 0 Å². The Morgan fingerprint density at radius 3 is 1.28 bits per heavy atom. The van der Waals surface area contributed by atoms with Crippen molar-refractivity contribution in [3.63, 3.8) is 0 Å². The van der Waals surface area contributed by atoms with E-state index in [0.29, 0.717) is 19.6 Å². The van der Waals surface area contributed by atoms with Crippen molar-refractivity contribution in [3.05, 3.63) is 24.3 Å². The van der Waals surface area contributed by atoms with Gasteiger partial charge in [0.2, 0.25) is 0 Å². The molecule has 0 saturated carbocycles. The van der Waals surface area contributed by atoms with Crippen molar-refractivity contribution >= 4 is 5.97 Å². The smallest absolute Gasteiger partial charge is 0.306 e. The van der Waals surface area contributed by atoms with Crippen molar-refractivity contribution in [1.82, 2.24) is 4.90 Å². The molecule has 1 aliphatic heterocycles. The first-order chi connectivity index (χ1) is 26.3. The van der Waals surface area contributed by atoms with E-state index >= 15 is 0 Å². The third-order valence-corrected chi connectivity index (χ3v) is 10.8. The summed E-state index contributed by atoms with van der Waals surface area (Å²) >= 11 is 0. The summed E-state index contributed by atoms with van der Waals surface area (Å²) in [5.74, 6) is -0.103. The van der Waals surface area contributed by atoms with E-state index in [9.17, 15) is 4.79 Å². The van der Waals surface area contributed by atoms with Crippen LogP contribution in [0.2, 0.25) is 0 Å². The summed E-state index contributed by atoms with van der Waals surface area (Å²) in [7, 11) is 0. The van der Waals surface area contributed by atoms with Crippen LogP contribution in [-0.2, 0) is 19.0 Å². The van der Waals surface area contributed by atoms with Crippen LogP contribution in [0.5, 0.6) is 0 Å². The van der Waals surface area contributed by atoms with Crippen molar-refractivity contribution in [3.8, 4) is 0 Å². The molecule has 1 rings (SSSR count). The zero-order valence-corrected chi connectivity index (χ0v) is 35.8. The first-order valence-electron chi connectivity index (χ1n) is 23.6. The Morgan fingerprint density at radius 1 is 0.491 bits per heavy atom. The average Bonchev–Trinajstić information content (AvgIpc) is 3.17. The summed E-state index contributed by atoms with van der Waals surface area (Å²) in [4.78, 5) is 15.2. The maximum Gasteiger partial charge on any atom is 0.306 e. The average molecular weight is 746 g/mol.